The van der Waals surface area contributed by atoms with Gasteiger partial charge in [-0.05, 0) is 30.0 Å². The van der Waals surface area contributed by atoms with E-state index in [1.165, 1.54) is 5.56 Å². The van der Waals surface area contributed by atoms with E-state index in [4.69, 9.17) is 0 Å². The molecule has 104 valence electrons. The van der Waals surface area contributed by atoms with Crippen LogP contribution >= 0.6 is 0 Å². The van der Waals surface area contributed by atoms with Crippen LogP contribution in [-0.2, 0) is 0 Å². The average Bonchev–Trinajstić information content (AvgIpc) is 2.45. The molecule has 0 saturated carbocycles. The van der Waals surface area contributed by atoms with Crippen molar-refractivity contribution in [3.63, 3.8) is 0 Å². The summed E-state index contributed by atoms with van der Waals surface area (Å²) in [6.45, 7) is 4.69. The second-order valence-electron chi connectivity index (χ2n) is 4.97. The molecule has 0 amide bonds. The van der Waals surface area contributed by atoms with Gasteiger partial charge in [-0.3, -0.25) is 10.1 Å². The zero-order valence-electron chi connectivity index (χ0n) is 11.7. The van der Waals surface area contributed by atoms with E-state index in [1.807, 2.05) is 31.2 Å². The van der Waals surface area contributed by atoms with E-state index in [9.17, 15) is 10.1 Å². The molecule has 2 aromatic carbocycles. The van der Waals surface area contributed by atoms with Crippen LogP contribution in [0.2, 0.25) is 0 Å². The van der Waals surface area contributed by atoms with Gasteiger partial charge in [0.05, 0.1) is 4.92 Å². The van der Waals surface area contributed by atoms with E-state index in [1.54, 1.807) is 12.1 Å². The first-order valence-electron chi connectivity index (χ1n) is 6.62. The third-order valence-corrected chi connectivity index (χ3v) is 3.32. The molecule has 0 fully saturated rings. The zero-order chi connectivity index (χ0) is 14.5. The lowest BCUT2D eigenvalue weighted by Crippen LogP contribution is -2.11. The summed E-state index contributed by atoms with van der Waals surface area (Å²) in [5, 5.41) is 14.2. The summed E-state index contributed by atoms with van der Waals surface area (Å²) in [4.78, 5) is 10.7. The van der Waals surface area contributed by atoms with E-state index in [2.05, 4.69) is 24.4 Å². The minimum Gasteiger partial charge on any atom is -0.379 e. The van der Waals surface area contributed by atoms with Crippen molar-refractivity contribution in [2.24, 2.45) is 0 Å². The first-order chi connectivity index (χ1) is 9.58. The topological polar surface area (TPSA) is 55.2 Å². The third kappa shape index (κ3) is 3.35. The SMILES string of the molecule is Cc1ccc([N+](=O)[O-])c(NCC(C)c2ccccc2)c1. The van der Waals surface area contributed by atoms with Gasteiger partial charge in [-0.1, -0.05) is 43.3 Å². The van der Waals surface area contributed by atoms with Gasteiger partial charge in [0.1, 0.15) is 5.69 Å². The van der Waals surface area contributed by atoms with E-state index < -0.39 is 0 Å². The Morgan fingerprint density at radius 1 is 1.20 bits per heavy atom. The van der Waals surface area contributed by atoms with Gasteiger partial charge in [-0.15, -0.1) is 0 Å². The number of hydrogen-bond donors (Lipinski definition) is 1. The van der Waals surface area contributed by atoms with Gasteiger partial charge >= 0.3 is 0 Å². The Morgan fingerprint density at radius 3 is 2.55 bits per heavy atom. The number of rotatable bonds is 5. The van der Waals surface area contributed by atoms with Crippen molar-refractivity contribution in [3.05, 3.63) is 69.8 Å². The van der Waals surface area contributed by atoms with Gasteiger partial charge in [-0.2, -0.15) is 0 Å². The predicted molar refractivity (Wildman–Crippen MR) is 81.2 cm³/mol. The number of hydrogen-bond acceptors (Lipinski definition) is 3. The van der Waals surface area contributed by atoms with Crippen LogP contribution in [0.1, 0.15) is 24.0 Å². The van der Waals surface area contributed by atoms with E-state index >= 15 is 0 Å². The van der Waals surface area contributed by atoms with Crippen molar-refractivity contribution in [2.75, 3.05) is 11.9 Å². The lowest BCUT2D eigenvalue weighted by Gasteiger charge is -2.14. The molecule has 1 atom stereocenters. The number of nitro groups is 1. The quantitative estimate of drug-likeness (QED) is 0.656. The minimum atomic E-state index is -0.352. The smallest absolute Gasteiger partial charge is 0.292 e. The molecule has 0 saturated heterocycles. The molecule has 0 heterocycles. The van der Waals surface area contributed by atoms with E-state index in [0.717, 1.165) is 5.56 Å². The maximum absolute atomic E-state index is 11.0. The first kappa shape index (κ1) is 14.1. The molecule has 4 nitrogen and oxygen atoms in total. The molecule has 0 aliphatic rings. The van der Waals surface area contributed by atoms with Crippen molar-refractivity contribution in [3.8, 4) is 0 Å². The molecule has 1 unspecified atom stereocenters. The Bertz CT molecular complexity index is 597. The van der Waals surface area contributed by atoms with Crippen LogP contribution in [-0.4, -0.2) is 11.5 Å². The standard InChI is InChI=1S/C16H18N2O2/c1-12-8-9-16(18(19)20)15(10-12)17-11-13(2)14-6-4-3-5-7-14/h3-10,13,17H,11H2,1-2H3. The molecule has 0 aliphatic carbocycles. The summed E-state index contributed by atoms with van der Waals surface area (Å²) in [5.74, 6) is 0.288. The summed E-state index contributed by atoms with van der Waals surface area (Å²) in [5.41, 5.74) is 2.93. The summed E-state index contributed by atoms with van der Waals surface area (Å²) in [6, 6.07) is 15.2. The van der Waals surface area contributed by atoms with Crippen molar-refractivity contribution in [1.29, 1.82) is 0 Å². The molecule has 0 aromatic heterocycles. The lowest BCUT2D eigenvalue weighted by atomic mass is 10.0. The highest BCUT2D eigenvalue weighted by molar-refractivity contribution is 5.62. The van der Waals surface area contributed by atoms with Crippen LogP contribution in [0.3, 0.4) is 0 Å². The molecule has 0 radical (unpaired) electrons. The Labute approximate surface area is 118 Å². The summed E-state index contributed by atoms with van der Waals surface area (Å²) in [6.07, 6.45) is 0. The lowest BCUT2D eigenvalue weighted by molar-refractivity contribution is -0.384. The molecule has 0 spiro atoms. The van der Waals surface area contributed by atoms with Crippen molar-refractivity contribution >= 4 is 11.4 Å². The highest BCUT2D eigenvalue weighted by atomic mass is 16.6. The molecule has 4 heteroatoms. The predicted octanol–water partition coefficient (Wildman–Crippen LogP) is 4.12. The second kappa shape index (κ2) is 6.19. The Morgan fingerprint density at radius 2 is 1.90 bits per heavy atom. The maximum Gasteiger partial charge on any atom is 0.292 e. The van der Waals surface area contributed by atoms with Gasteiger partial charge in [0.15, 0.2) is 0 Å². The highest BCUT2D eigenvalue weighted by Crippen LogP contribution is 2.26. The van der Waals surface area contributed by atoms with Gasteiger partial charge in [0.25, 0.3) is 5.69 Å². The molecule has 1 N–H and O–H groups in total. The van der Waals surface area contributed by atoms with Gasteiger partial charge in [-0.25, -0.2) is 0 Å². The Kier molecular flexibility index (Phi) is 4.35. The summed E-state index contributed by atoms with van der Waals surface area (Å²) >= 11 is 0. The van der Waals surface area contributed by atoms with Gasteiger partial charge in [0.2, 0.25) is 0 Å². The van der Waals surface area contributed by atoms with Crippen LogP contribution in [0.4, 0.5) is 11.4 Å². The number of nitrogens with one attached hydrogen (secondary N) is 1. The van der Waals surface area contributed by atoms with Crippen LogP contribution in [0.15, 0.2) is 48.5 Å². The highest BCUT2D eigenvalue weighted by Gasteiger charge is 2.14. The molecule has 20 heavy (non-hydrogen) atoms. The minimum absolute atomic E-state index is 0.121. The van der Waals surface area contributed by atoms with E-state index in [-0.39, 0.29) is 16.5 Å². The molecular formula is C16H18N2O2. The zero-order valence-corrected chi connectivity index (χ0v) is 11.7. The van der Waals surface area contributed by atoms with Crippen LogP contribution in [0.25, 0.3) is 0 Å². The molecule has 2 rings (SSSR count). The Hall–Kier alpha value is -2.36. The average molecular weight is 270 g/mol. The largest absolute Gasteiger partial charge is 0.379 e. The van der Waals surface area contributed by atoms with Gasteiger partial charge < -0.3 is 5.32 Å². The maximum atomic E-state index is 11.0. The Balaban J connectivity index is 2.11. The van der Waals surface area contributed by atoms with Crippen LogP contribution in [0, 0.1) is 17.0 Å². The van der Waals surface area contributed by atoms with Crippen molar-refractivity contribution in [1.82, 2.24) is 0 Å². The fourth-order valence-corrected chi connectivity index (χ4v) is 2.11. The number of aryl methyl sites for hydroxylation is 1. The fraction of sp³-hybridized carbons (Fsp3) is 0.250. The first-order valence-corrected chi connectivity index (χ1v) is 6.62. The monoisotopic (exact) mass is 270 g/mol. The fourth-order valence-electron chi connectivity index (χ4n) is 2.11. The van der Waals surface area contributed by atoms with E-state index in [0.29, 0.717) is 12.2 Å². The molecule has 0 aliphatic heterocycles. The van der Waals surface area contributed by atoms with Gasteiger partial charge in [0, 0.05) is 12.6 Å². The number of anilines is 1. The molecule has 2 aromatic rings. The van der Waals surface area contributed by atoms with Crippen molar-refractivity contribution < 1.29 is 4.92 Å². The number of nitrogens with zero attached hydrogens (tertiary/aromatic N) is 1. The van der Waals surface area contributed by atoms with Crippen molar-refractivity contribution in [2.45, 2.75) is 19.8 Å². The molecule has 0 bridgehead atoms. The van der Waals surface area contributed by atoms with Crippen LogP contribution < -0.4 is 5.32 Å². The second-order valence-corrected chi connectivity index (χ2v) is 4.97. The van der Waals surface area contributed by atoms with Crippen LogP contribution in [0.5, 0.6) is 0 Å². The number of nitro benzene ring substituents is 1. The number of benzene rings is 2. The summed E-state index contributed by atoms with van der Waals surface area (Å²) in [7, 11) is 0. The normalized spacial score (nSPS) is 11.9. The third-order valence-electron chi connectivity index (χ3n) is 3.32. The summed E-state index contributed by atoms with van der Waals surface area (Å²) < 4.78 is 0. The molecular weight excluding hydrogens is 252 g/mol.